The minimum atomic E-state index is -0.504. The van der Waals surface area contributed by atoms with Crippen molar-refractivity contribution in [2.45, 2.75) is 18.4 Å². The molecule has 27 heavy (non-hydrogen) atoms. The van der Waals surface area contributed by atoms with Crippen molar-refractivity contribution in [3.8, 4) is 0 Å². The largest absolute Gasteiger partial charge is 0.457 e. The smallest absolute Gasteiger partial charge is 0.338 e. The number of rotatable bonds is 5. The first-order chi connectivity index (χ1) is 13.0. The Balaban J connectivity index is 1.75. The second-order valence-electron chi connectivity index (χ2n) is 5.84. The van der Waals surface area contributed by atoms with E-state index in [1.165, 1.54) is 6.92 Å². The molecule has 1 amide bonds. The number of pyridine rings is 1. The lowest BCUT2D eigenvalue weighted by Crippen LogP contribution is -2.09. The molecule has 2 aromatic carbocycles. The lowest BCUT2D eigenvalue weighted by molar-refractivity contribution is -0.114. The summed E-state index contributed by atoms with van der Waals surface area (Å²) in [7, 11) is 0. The summed E-state index contributed by atoms with van der Waals surface area (Å²) >= 11 is 7.89. The van der Waals surface area contributed by atoms with Crippen molar-refractivity contribution in [1.29, 1.82) is 0 Å². The van der Waals surface area contributed by atoms with Gasteiger partial charge in [-0.3, -0.25) is 4.79 Å². The molecule has 1 aromatic heterocycles. The number of nitrogens with zero attached hydrogens (tertiary/aromatic N) is 1. The number of carbonyl (C=O) groups is 2. The van der Waals surface area contributed by atoms with Gasteiger partial charge in [0.15, 0.2) is 0 Å². The van der Waals surface area contributed by atoms with Crippen LogP contribution in [-0.2, 0) is 16.1 Å². The van der Waals surface area contributed by atoms with Gasteiger partial charge >= 0.3 is 5.97 Å². The third-order valence-electron chi connectivity index (χ3n) is 3.83. The van der Waals surface area contributed by atoms with Gasteiger partial charge in [-0.15, -0.1) is 11.8 Å². The van der Waals surface area contributed by atoms with E-state index < -0.39 is 5.97 Å². The highest BCUT2D eigenvalue weighted by Crippen LogP contribution is 2.25. The number of fused-ring (bicyclic) bond motifs is 1. The molecule has 0 radical (unpaired) electrons. The average Bonchev–Trinajstić information content (AvgIpc) is 2.65. The Hall–Kier alpha value is -2.57. The van der Waals surface area contributed by atoms with E-state index >= 15 is 0 Å². The molecule has 0 saturated carbocycles. The number of amides is 1. The van der Waals surface area contributed by atoms with Crippen LogP contribution in [0.3, 0.4) is 0 Å². The summed E-state index contributed by atoms with van der Waals surface area (Å²) in [5.74, 6) is -0.713. The molecule has 0 aliphatic carbocycles. The first kappa shape index (κ1) is 19.2. The van der Waals surface area contributed by atoms with Gasteiger partial charge < -0.3 is 10.1 Å². The van der Waals surface area contributed by atoms with Crippen molar-refractivity contribution in [3.05, 3.63) is 64.8 Å². The van der Waals surface area contributed by atoms with E-state index in [1.54, 1.807) is 36.0 Å². The van der Waals surface area contributed by atoms with Crippen molar-refractivity contribution in [3.63, 3.8) is 0 Å². The van der Waals surface area contributed by atoms with Gasteiger partial charge in [-0.25, -0.2) is 9.78 Å². The van der Waals surface area contributed by atoms with Crippen LogP contribution in [0.25, 0.3) is 10.9 Å². The molecule has 0 spiro atoms. The minimum Gasteiger partial charge on any atom is -0.457 e. The standard InChI is InChI=1S/C20H17ClN2O3S/c1-12(24)22-16-5-3-4-14(9-16)20(25)26-11-15-8-13-6-7-17(27-2)10-18(13)23-19(15)21/h3-10H,11H2,1-2H3,(H,22,24). The molecule has 3 rings (SSSR count). The van der Waals surface area contributed by atoms with Crippen LogP contribution < -0.4 is 5.32 Å². The second-order valence-corrected chi connectivity index (χ2v) is 7.07. The summed E-state index contributed by atoms with van der Waals surface area (Å²) in [4.78, 5) is 28.9. The zero-order chi connectivity index (χ0) is 19.4. The lowest BCUT2D eigenvalue weighted by atomic mass is 10.1. The number of nitrogens with one attached hydrogen (secondary N) is 1. The van der Waals surface area contributed by atoms with E-state index in [0.29, 0.717) is 22.0 Å². The van der Waals surface area contributed by atoms with Gasteiger partial charge in [0.2, 0.25) is 5.91 Å². The summed E-state index contributed by atoms with van der Waals surface area (Å²) in [6.45, 7) is 1.41. The van der Waals surface area contributed by atoms with Crippen molar-refractivity contribution in [1.82, 2.24) is 4.98 Å². The van der Waals surface area contributed by atoms with Crippen LogP contribution in [0.4, 0.5) is 5.69 Å². The molecule has 7 heteroatoms. The Morgan fingerprint density at radius 3 is 2.74 bits per heavy atom. The Morgan fingerprint density at radius 1 is 1.19 bits per heavy atom. The third-order valence-corrected chi connectivity index (χ3v) is 4.88. The molecular formula is C20H17ClN2O3S. The first-order valence-corrected chi connectivity index (χ1v) is 9.74. The minimum absolute atomic E-state index is 0.00918. The number of esters is 1. The van der Waals surface area contributed by atoms with Gasteiger partial charge in [-0.05, 0) is 42.7 Å². The quantitative estimate of drug-likeness (QED) is 0.374. The summed E-state index contributed by atoms with van der Waals surface area (Å²) < 4.78 is 5.37. The molecule has 0 fully saturated rings. The number of anilines is 1. The average molecular weight is 401 g/mol. The van der Waals surface area contributed by atoms with E-state index in [9.17, 15) is 9.59 Å². The van der Waals surface area contributed by atoms with Gasteiger partial charge in [0, 0.05) is 28.5 Å². The van der Waals surface area contributed by atoms with Crippen LogP contribution in [0, 0.1) is 0 Å². The van der Waals surface area contributed by atoms with Crippen molar-refractivity contribution in [2.75, 3.05) is 11.6 Å². The third kappa shape index (κ3) is 4.78. The number of thioether (sulfide) groups is 1. The second kappa shape index (κ2) is 8.41. The molecule has 5 nitrogen and oxygen atoms in total. The monoisotopic (exact) mass is 400 g/mol. The summed E-state index contributed by atoms with van der Waals surface area (Å²) in [6, 6.07) is 14.4. The zero-order valence-corrected chi connectivity index (χ0v) is 16.4. The maximum Gasteiger partial charge on any atom is 0.338 e. The molecule has 1 heterocycles. The fraction of sp³-hybridized carbons (Fsp3) is 0.150. The van der Waals surface area contributed by atoms with E-state index in [1.807, 2.05) is 30.5 Å². The van der Waals surface area contributed by atoms with Gasteiger partial charge in [0.1, 0.15) is 11.8 Å². The Bertz CT molecular complexity index is 1020. The molecule has 0 bridgehead atoms. The van der Waals surface area contributed by atoms with E-state index in [2.05, 4.69) is 10.3 Å². The number of aromatic nitrogens is 1. The van der Waals surface area contributed by atoms with Crippen LogP contribution >= 0.6 is 23.4 Å². The van der Waals surface area contributed by atoms with E-state index in [4.69, 9.17) is 16.3 Å². The summed E-state index contributed by atoms with van der Waals surface area (Å²) in [6.07, 6.45) is 2.00. The van der Waals surface area contributed by atoms with Gasteiger partial charge in [-0.1, -0.05) is 23.7 Å². The van der Waals surface area contributed by atoms with E-state index in [-0.39, 0.29) is 12.5 Å². The number of hydrogen-bond acceptors (Lipinski definition) is 5. The highest BCUT2D eigenvalue weighted by Gasteiger charge is 2.12. The topological polar surface area (TPSA) is 68.3 Å². The predicted octanol–water partition coefficient (Wildman–Crippen LogP) is 4.93. The molecule has 0 atom stereocenters. The van der Waals surface area contributed by atoms with Crippen molar-refractivity contribution < 1.29 is 14.3 Å². The highest BCUT2D eigenvalue weighted by molar-refractivity contribution is 7.98. The van der Waals surface area contributed by atoms with Crippen LogP contribution in [0.5, 0.6) is 0 Å². The molecule has 0 unspecified atom stereocenters. The fourth-order valence-corrected chi connectivity index (χ4v) is 3.18. The summed E-state index contributed by atoms with van der Waals surface area (Å²) in [5.41, 5.74) is 2.31. The first-order valence-electron chi connectivity index (χ1n) is 8.14. The molecule has 138 valence electrons. The molecule has 0 aliphatic rings. The number of hydrogen-bond donors (Lipinski definition) is 1. The Kier molecular flexibility index (Phi) is 5.98. The maximum absolute atomic E-state index is 12.3. The van der Waals surface area contributed by atoms with Crippen molar-refractivity contribution >= 4 is 51.8 Å². The zero-order valence-electron chi connectivity index (χ0n) is 14.8. The molecule has 0 saturated heterocycles. The van der Waals surface area contributed by atoms with Crippen LogP contribution in [-0.4, -0.2) is 23.1 Å². The van der Waals surface area contributed by atoms with Crippen molar-refractivity contribution in [2.24, 2.45) is 0 Å². The van der Waals surface area contributed by atoms with Crippen LogP contribution in [0.15, 0.2) is 53.4 Å². The number of carbonyl (C=O) groups excluding carboxylic acids is 2. The number of ether oxygens (including phenoxy) is 1. The van der Waals surface area contributed by atoms with E-state index in [0.717, 1.165) is 15.8 Å². The molecule has 0 aliphatic heterocycles. The van der Waals surface area contributed by atoms with Gasteiger partial charge in [0.05, 0.1) is 11.1 Å². The molecular weight excluding hydrogens is 384 g/mol. The Morgan fingerprint density at radius 2 is 2.00 bits per heavy atom. The normalized spacial score (nSPS) is 10.6. The van der Waals surface area contributed by atoms with Crippen LogP contribution in [0.2, 0.25) is 5.15 Å². The fourth-order valence-electron chi connectivity index (χ4n) is 2.55. The molecule has 1 N–H and O–H groups in total. The van der Waals surface area contributed by atoms with Gasteiger partial charge in [-0.2, -0.15) is 0 Å². The molecule has 3 aromatic rings. The van der Waals surface area contributed by atoms with Gasteiger partial charge in [0.25, 0.3) is 0 Å². The van der Waals surface area contributed by atoms with Crippen LogP contribution in [0.1, 0.15) is 22.8 Å². The summed E-state index contributed by atoms with van der Waals surface area (Å²) in [5, 5.41) is 3.87. The SMILES string of the molecule is CSc1ccc2cc(COC(=O)c3cccc(NC(C)=O)c3)c(Cl)nc2c1. The maximum atomic E-state index is 12.3. The highest BCUT2D eigenvalue weighted by atomic mass is 35.5. The predicted molar refractivity (Wildman–Crippen MR) is 108 cm³/mol. The number of halogens is 1. The Labute approximate surface area is 166 Å². The number of benzene rings is 2. The lowest BCUT2D eigenvalue weighted by Gasteiger charge is -2.09.